The fraction of sp³-hybridized carbons (Fsp3) is 0.478. The molecule has 2 saturated carbocycles. The zero-order valence-electron chi connectivity index (χ0n) is 35.8. The summed E-state index contributed by atoms with van der Waals surface area (Å²) in [6.07, 6.45) is 18.8. The van der Waals surface area contributed by atoms with Crippen LogP contribution in [0.2, 0.25) is 0 Å². The molecule has 0 unspecified atom stereocenters. The Labute approximate surface area is 366 Å². The summed E-state index contributed by atoms with van der Waals surface area (Å²) in [6.45, 7) is 6.45. The van der Waals surface area contributed by atoms with Gasteiger partial charge in [0.2, 0.25) is 17.7 Å². The second-order valence-electron chi connectivity index (χ2n) is 16.8. The van der Waals surface area contributed by atoms with Crippen LogP contribution in [0.3, 0.4) is 0 Å². The molecule has 328 valence electrons. The summed E-state index contributed by atoms with van der Waals surface area (Å²) in [4.78, 5) is 37.8. The number of ether oxygens (including phenoxy) is 5. The summed E-state index contributed by atoms with van der Waals surface area (Å²) in [6, 6.07) is 12.8. The van der Waals surface area contributed by atoms with Gasteiger partial charge < -0.3 is 44.1 Å². The molecule has 6 aromatic rings. The van der Waals surface area contributed by atoms with Crippen molar-refractivity contribution in [2.24, 2.45) is 5.92 Å². The van der Waals surface area contributed by atoms with Crippen LogP contribution in [0.5, 0.6) is 17.5 Å². The van der Waals surface area contributed by atoms with Gasteiger partial charge in [0.1, 0.15) is 29.5 Å². The third-order valence-corrected chi connectivity index (χ3v) is 12.7. The molecular formula is C46H55N12O5+. The Hall–Kier alpha value is -6.20. The van der Waals surface area contributed by atoms with E-state index in [0.717, 1.165) is 117 Å². The molecule has 0 bridgehead atoms. The molecule has 8 heterocycles. The van der Waals surface area contributed by atoms with Crippen LogP contribution >= 0.6 is 0 Å². The molecule has 4 aliphatic rings. The maximum atomic E-state index is 6.65. The molecule has 63 heavy (non-hydrogen) atoms. The largest absolute Gasteiger partial charge is 0.494 e. The van der Waals surface area contributed by atoms with Gasteiger partial charge in [-0.25, -0.2) is 15.0 Å². The smallest absolute Gasteiger partial charge is 0.346 e. The molecule has 0 spiro atoms. The summed E-state index contributed by atoms with van der Waals surface area (Å²) in [5, 5.41) is 9.00. The maximum absolute atomic E-state index is 6.65. The molecule has 0 radical (unpaired) electrons. The minimum Gasteiger partial charge on any atom is -0.494 e. The first-order valence-corrected chi connectivity index (χ1v) is 22.4. The number of nitrogens with zero attached hydrogens (tertiary/aromatic N) is 10. The number of methoxy groups -OCH3 is 1. The number of fused-ring (bicyclic) bond motifs is 2. The monoisotopic (exact) mass is 855 g/mol. The molecule has 0 aromatic carbocycles. The Morgan fingerprint density at radius 2 is 1.38 bits per heavy atom. The van der Waals surface area contributed by atoms with Crippen LogP contribution in [0.4, 0.5) is 23.4 Å². The van der Waals surface area contributed by atoms with E-state index in [-0.39, 0.29) is 12.1 Å². The number of anilines is 4. The van der Waals surface area contributed by atoms with Crippen LogP contribution in [-0.4, -0.2) is 119 Å². The van der Waals surface area contributed by atoms with Crippen molar-refractivity contribution in [3.05, 3.63) is 73.6 Å². The molecule has 17 heteroatoms. The highest BCUT2D eigenvalue weighted by atomic mass is 16.5. The zero-order valence-corrected chi connectivity index (χ0v) is 35.8. The highest BCUT2D eigenvalue weighted by Gasteiger charge is 2.28. The lowest BCUT2D eigenvalue weighted by atomic mass is 9.86. The predicted molar refractivity (Wildman–Crippen MR) is 238 cm³/mol. The molecule has 2 saturated heterocycles. The highest BCUT2D eigenvalue weighted by Crippen LogP contribution is 2.33. The van der Waals surface area contributed by atoms with E-state index in [0.29, 0.717) is 74.3 Å². The normalized spacial score (nSPS) is 21.9. The van der Waals surface area contributed by atoms with Gasteiger partial charge in [-0.2, -0.15) is 14.5 Å². The van der Waals surface area contributed by atoms with Gasteiger partial charge in [-0.3, -0.25) is 4.98 Å². The van der Waals surface area contributed by atoms with E-state index in [4.69, 9.17) is 43.6 Å². The first kappa shape index (κ1) is 40.8. The van der Waals surface area contributed by atoms with Crippen LogP contribution < -0.4 is 39.2 Å². The van der Waals surface area contributed by atoms with E-state index < -0.39 is 0 Å². The summed E-state index contributed by atoms with van der Waals surface area (Å²) in [7, 11) is 1.62. The number of morpholine rings is 2. The molecule has 6 aromatic heterocycles. The molecule has 17 nitrogen and oxygen atoms in total. The van der Waals surface area contributed by atoms with Crippen molar-refractivity contribution in [2.45, 2.75) is 69.6 Å². The van der Waals surface area contributed by atoms with Crippen molar-refractivity contribution in [3.8, 4) is 23.3 Å². The Kier molecular flexibility index (Phi) is 12.3. The van der Waals surface area contributed by atoms with Crippen molar-refractivity contribution in [1.29, 1.82) is 0 Å². The molecule has 0 atom stereocenters. The molecule has 2 aliphatic carbocycles. The highest BCUT2D eigenvalue weighted by molar-refractivity contribution is 5.86. The minimum atomic E-state index is 0.0689. The van der Waals surface area contributed by atoms with Gasteiger partial charge in [0.25, 0.3) is 0 Å². The molecule has 10 rings (SSSR count). The van der Waals surface area contributed by atoms with Crippen molar-refractivity contribution < 1.29 is 28.3 Å². The fourth-order valence-corrected chi connectivity index (χ4v) is 9.07. The fourth-order valence-electron chi connectivity index (χ4n) is 9.07. The van der Waals surface area contributed by atoms with Crippen LogP contribution in [0.1, 0.15) is 51.4 Å². The molecular weight excluding hydrogens is 801 g/mol. The Morgan fingerprint density at radius 3 is 2.10 bits per heavy atom. The third kappa shape index (κ3) is 9.59. The quantitative estimate of drug-likeness (QED) is 0.138. The van der Waals surface area contributed by atoms with Gasteiger partial charge in [-0.05, 0) is 86.5 Å². The van der Waals surface area contributed by atoms with Gasteiger partial charge in [0.15, 0.2) is 17.8 Å². The van der Waals surface area contributed by atoms with E-state index in [1.807, 2.05) is 43.0 Å². The number of nitrogens with one attached hydrogen (secondary N) is 2. The summed E-state index contributed by atoms with van der Waals surface area (Å²) in [5.41, 5.74) is 1.85. The van der Waals surface area contributed by atoms with Crippen molar-refractivity contribution in [1.82, 2.24) is 34.9 Å². The van der Waals surface area contributed by atoms with E-state index in [1.165, 1.54) is 0 Å². The lowest BCUT2D eigenvalue weighted by molar-refractivity contribution is -0.571. The topological polar surface area (TPSA) is 171 Å². The molecule has 2 N–H and O–H groups in total. The van der Waals surface area contributed by atoms with Crippen LogP contribution in [-0.2, 0) is 9.47 Å². The zero-order chi connectivity index (χ0) is 42.4. The summed E-state index contributed by atoms with van der Waals surface area (Å²) >= 11 is 0. The van der Waals surface area contributed by atoms with Crippen molar-refractivity contribution in [3.63, 3.8) is 0 Å². The Bertz CT molecular complexity index is 2450. The van der Waals surface area contributed by atoms with Crippen LogP contribution in [0.15, 0.2) is 73.6 Å². The standard InChI is InChI=1S/C46H55N12O5/c1-59-35-26-50-46(51-27-35)53-33-8-6-31(7-9-33)30-62-44-37-5-3-15-58(39(37)25-42(54-44)57-18-22-61-23-19-57)43-29-48-40(28-49-43)52-32-10-12-34(13-11-32)63-45-36-4-2-14-47-38(36)24-41(55-45)56-16-20-60-21-17-56/h2-5,14-15,24-29,31-34H,6-13,16-23,30H2,1H3,(H,48,52)(H,50,51,53)/q+1. The van der Waals surface area contributed by atoms with Gasteiger partial charge >= 0.3 is 5.82 Å². The molecule has 0 amide bonds. The van der Waals surface area contributed by atoms with Crippen molar-refractivity contribution >= 4 is 45.2 Å². The summed E-state index contributed by atoms with van der Waals surface area (Å²) in [5.74, 6) is 6.21. The number of hydrogen-bond donors (Lipinski definition) is 2. The number of pyridine rings is 4. The van der Waals surface area contributed by atoms with Gasteiger partial charge in [-0.1, -0.05) is 0 Å². The number of rotatable bonds is 13. The van der Waals surface area contributed by atoms with Crippen LogP contribution in [0.25, 0.3) is 27.6 Å². The van der Waals surface area contributed by atoms with Crippen molar-refractivity contribution in [2.75, 3.05) is 86.8 Å². The predicted octanol–water partition coefficient (Wildman–Crippen LogP) is 5.57. The second kappa shape index (κ2) is 19.0. The van der Waals surface area contributed by atoms with E-state index in [1.54, 1.807) is 19.5 Å². The molecule has 2 aliphatic heterocycles. The number of aromatic nitrogens is 8. The molecule has 4 fully saturated rings. The minimum absolute atomic E-state index is 0.0689. The summed E-state index contributed by atoms with van der Waals surface area (Å²) < 4.78 is 31.8. The van der Waals surface area contributed by atoms with Gasteiger partial charge in [0, 0.05) is 56.6 Å². The van der Waals surface area contributed by atoms with Gasteiger partial charge in [0.05, 0.1) is 75.0 Å². The lowest BCUT2D eigenvalue weighted by Gasteiger charge is -2.31. The first-order chi connectivity index (χ1) is 31.1. The average molecular weight is 856 g/mol. The number of hydrogen-bond acceptors (Lipinski definition) is 16. The second-order valence-corrected chi connectivity index (χ2v) is 16.8. The lowest BCUT2D eigenvalue weighted by Crippen LogP contribution is -2.38. The Morgan fingerprint density at radius 1 is 0.698 bits per heavy atom. The third-order valence-electron chi connectivity index (χ3n) is 12.7. The maximum Gasteiger partial charge on any atom is 0.346 e. The first-order valence-electron chi connectivity index (χ1n) is 22.4. The average Bonchev–Trinajstić information content (AvgIpc) is 3.35. The van der Waals surface area contributed by atoms with Gasteiger partial charge in [-0.15, -0.1) is 0 Å². The SMILES string of the molecule is COc1cnc(NC2CCC(COc3nc(N4CCOCC4)cc4c3ccc[n+]4-c3cnc(NC4CCC(Oc5nc(N6CCOCC6)cc6ncccc56)CC4)cn3)CC2)nc1. The van der Waals surface area contributed by atoms with E-state index in [2.05, 4.69) is 58.2 Å². The van der Waals surface area contributed by atoms with Crippen LogP contribution in [0, 0.1) is 5.92 Å². The van der Waals surface area contributed by atoms with E-state index in [9.17, 15) is 0 Å². The van der Waals surface area contributed by atoms with E-state index >= 15 is 0 Å². The Balaban J connectivity index is 0.789.